The maximum Gasteiger partial charge on any atom is 0.291 e. The number of fused-ring (bicyclic) bond motifs is 1. The Bertz CT molecular complexity index is 550. The van der Waals surface area contributed by atoms with Crippen LogP contribution in [0, 0.1) is 18.8 Å². The molecule has 4 nitrogen and oxygen atoms in total. The molecule has 1 aromatic rings. The molecule has 23 heavy (non-hydrogen) atoms. The number of likely N-dealkylation sites (tertiary alicyclic amines) is 1. The van der Waals surface area contributed by atoms with Gasteiger partial charge in [0.2, 0.25) is 5.76 Å². The molecule has 0 aromatic carbocycles. The third-order valence-corrected chi connectivity index (χ3v) is 5.37. The lowest BCUT2D eigenvalue weighted by Crippen LogP contribution is -2.45. The minimum atomic E-state index is 0.0730. The van der Waals surface area contributed by atoms with E-state index in [1.807, 2.05) is 6.92 Å². The summed E-state index contributed by atoms with van der Waals surface area (Å²) in [7, 11) is 0. The molecule has 0 spiro atoms. The molecule has 1 aliphatic heterocycles. The third kappa shape index (κ3) is 3.61. The predicted molar refractivity (Wildman–Crippen MR) is 90.4 cm³/mol. The predicted octanol–water partition coefficient (Wildman–Crippen LogP) is 4.37. The fourth-order valence-corrected chi connectivity index (χ4v) is 4.26. The lowest BCUT2D eigenvalue weighted by Gasteiger charge is -2.37. The van der Waals surface area contributed by atoms with Gasteiger partial charge < -0.3 is 9.32 Å². The number of aromatic nitrogens is 1. The maximum atomic E-state index is 13.1. The average molecular weight is 318 g/mol. The monoisotopic (exact) mass is 318 g/mol. The Kier molecular flexibility index (Phi) is 5.08. The Morgan fingerprint density at radius 3 is 2.65 bits per heavy atom. The second-order valence-electron chi connectivity index (χ2n) is 7.73. The van der Waals surface area contributed by atoms with Crippen molar-refractivity contribution in [2.75, 3.05) is 6.54 Å². The second kappa shape index (κ2) is 7.06. The molecule has 2 atom stereocenters. The average Bonchev–Trinajstić information content (AvgIpc) is 2.75. The number of carbonyl (C=O) groups excluding carboxylic acids is 1. The molecule has 1 aliphatic carbocycles. The van der Waals surface area contributed by atoms with E-state index in [1.54, 1.807) is 0 Å². The molecule has 2 fully saturated rings. The van der Waals surface area contributed by atoms with Gasteiger partial charge in [0, 0.05) is 19.0 Å². The number of hydrogen-bond donors (Lipinski definition) is 0. The van der Waals surface area contributed by atoms with Crippen LogP contribution in [0.2, 0.25) is 0 Å². The smallest absolute Gasteiger partial charge is 0.291 e. The zero-order valence-electron chi connectivity index (χ0n) is 14.8. The zero-order valence-corrected chi connectivity index (χ0v) is 14.8. The molecule has 1 saturated carbocycles. The molecule has 128 valence electrons. The molecule has 1 saturated heterocycles. The van der Waals surface area contributed by atoms with Gasteiger partial charge in [0.1, 0.15) is 0 Å². The number of rotatable bonds is 3. The van der Waals surface area contributed by atoms with Crippen LogP contribution in [-0.2, 0) is 6.42 Å². The summed E-state index contributed by atoms with van der Waals surface area (Å²) in [6, 6.07) is 0.414. The highest BCUT2D eigenvalue weighted by atomic mass is 16.4. The van der Waals surface area contributed by atoms with Gasteiger partial charge in [-0.25, -0.2) is 4.98 Å². The van der Waals surface area contributed by atoms with Crippen molar-refractivity contribution in [1.29, 1.82) is 0 Å². The van der Waals surface area contributed by atoms with Crippen molar-refractivity contribution in [3.8, 4) is 0 Å². The third-order valence-electron chi connectivity index (χ3n) is 5.37. The van der Waals surface area contributed by atoms with Crippen LogP contribution < -0.4 is 0 Å². The van der Waals surface area contributed by atoms with Gasteiger partial charge in [0.25, 0.3) is 5.91 Å². The number of carbonyl (C=O) groups is 1. The lowest BCUT2D eigenvalue weighted by atomic mass is 9.81. The number of oxazole rings is 1. The zero-order chi connectivity index (χ0) is 16.4. The van der Waals surface area contributed by atoms with Gasteiger partial charge in [-0.05, 0) is 44.4 Å². The minimum absolute atomic E-state index is 0.0730. The van der Waals surface area contributed by atoms with Crippen molar-refractivity contribution in [1.82, 2.24) is 9.88 Å². The van der Waals surface area contributed by atoms with Crippen molar-refractivity contribution in [2.24, 2.45) is 11.8 Å². The van der Waals surface area contributed by atoms with Gasteiger partial charge in [0.15, 0.2) is 5.89 Å². The summed E-state index contributed by atoms with van der Waals surface area (Å²) in [6.45, 7) is 7.06. The van der Waals surface area contributed by atoms with Crippen molar-refractivity contribution in [2.45, 2.75) is 78.2 Å². The summed E-state index contributed by atoms with van der Waals surface area (Å²) in [6.07, 6.45) is 9.44. The summed E-state index contributed by atoms with van der Waals surface area (Å²) in [4.78, 5) is 19.7. The molecule has 0 N–H and O–H groups in total. The Balaban J connectivity index is 1.81. The normalized spacial score (nSPS) is 25.3. The molecule has 1 amide bonds. The Hall–Kier alpha value is -1.32. The molecule has 0 unspecified atom stereocenters. The first-order chi connectivity index (χ1) is 11.1. The van der Waals surface area contributed by atoms with Crippen LogP contribution in [0.5, 0.6) is 0 Å². The van der Waals surface area contributed by atoms with Crippen LogP contribution in [0.4, 0.5) is 0 Å². The van der Waals surface area contributed by atoms with Crippen molar-refractivity contribution in [3.05, 3.63) is 17.3 Å². The maximum absolute atomic E-state index is 13.1. The van der Waals surface area contributed by atoms with Crippen molar-refractivity contribution in [3.63, 3.8) is 0 Å². The van der Waals surface area contributed by atoms with E-state index < -0.39 is 0 Å². The van der Waals surface area contributed by atoms with Crippen LogP contribution in [0.25, 0.3) is 0 Å². The van der Waals surface area contributed by atoms with Crippen molar-refractivity contribution >= 4 is 5.91 Å². The summed E-state index contributed by atoms with van der Waals surface area (Å²) >= 11 is 0. The van der Waals surface area contributed by atoms with E-state index in [4.69, 9.17) is 4.42 Å². The van der Waals surface area contributed by atoms with Crippen LogP contribution in [0.3, 0.4) is 0 Å². The topological polar surface area (TPSA) is 46.3 Å². The summed E-state index contributed by atoms with van der Waals surface area (Å²) in [5.41, 5.74) is 0.752. The van der Waals surface area contributed by atoms with Crippen LogP contribution in [0.1, 0.15) is 80.9 Å². The van der Waals surface area contributed by atoms with Gasteiger partial charge in [-0.1, -0.05) is 33.1 Å². The first-order valence-electron chi connectivity index (χ1n) is 9.33. The number of amides is 1. The van der Waals surface area contributed by atoms with Gasteiger partial charge >= 0.3 is 0 Å². The molecule has 1 aromatic heterocycles. The van der Waals surface area contributed by atoms with Gasteiger partial charge in [0.05, 0.1) is 5.69 Å². The van der Waals surface area contributed by atoms with Gasteiger partial charge in [-0.15, -0.1) is 0 Å². The molecule has 3 rings (SSSR count). The minimum Gasteiger partial charge on any atom is -0.435 e. The summed E-state index contributed by atoms with van der Waals surface area (Å²) in [5.74, 6) is 2.43. The molecule has 0 bridgehead atoms. The fourth-order valence-electron chi connectivity index (χ4n) is 4.26. The molecule has 4 heteroatoms. The number of hydrogen-bond acceptors (Lipinski definition) is 3. The largest absolute Gasteiger partial charge is 0.435 e. The van der Waals surface area contributed by atoms with E-state index in [0.717, 1.165) is 31.5 Å². The quantitative estimate of drug-likeness (QED) is 0.831. The van der Waals surface area contributed by atoms with Crippen LogP contribution >= 0.6 is 0 Å². The van der Waals surface area contributed by atoms with E-state index in [0.29, 0.717) is 29.5 Å². The lowest BCUT2D eigenvalue weighted by molar-refractivity contribution is 0.0534. The first-order valence-corrected chi connectivity index (χ1v) is 9.33. The van der Waals surface area contributed by atoms with Gasteiger partial charge in [-0.2, -0.15) is 0 Å². The van der Waals surface area contributed by atoms with E-state index in [2.05, 4.69) is 23.7 Å². The van der Waals surface area contributed by atoms with Crippen molar-refractivity contribution < 1.29 is 9.21 Å². The van der Waals surface area contributed by atoms with E-state index in [9.17, 15) is 4.79 Å². The Labute approximate surface area is 139 Å². The molecular weight excluding hydrogens is 288 g/mol. The summed E-state index contributed by atoms with van der Waals surface area (Å²) in [5, 5.41) is 0. The van der Waals surface area contributed by atoms with Crippen LogP contribution in [-0.4, -0.2) is 28.4 Å². The fraction of sp³-hybridized carbons (Fsp3) is 0.789. The standard InChI is InChI=1S/C19H30N2O2/c1-13(2)12-17-20-14(3)18(23-17)19(22)21-11-7-6-9-15-8-4-5-10-16(15)21/h13,15-16H,4-12H2,1-3H3/t15-,16+/m0/s1. The molecular formula is C19H30N2O2. The van der Waals surface area contributed by atoms with E-state index >= 15 is 0 Å². The molecule has 2 heterocycles. The highest BCUT2D eigenvalue weighted by Crippen LogP contribution is 2.35. The highest BCUT2D eigenvalue weighted by molar-refractivity contribution is 5.92. The Morgan fingerprint density at radius 1 is 1.22 bits per heavy atom. The van der Waals surface area contributed by atoms with E-state index in [-0.39, 0.29) is 5.91 Å². The van der Waals surface area contributed by atoms with Gasteiger partial charge in [-0.3, -0.25) is 4.79 Å². The summed E-state index contributed by atoms with van der Waals surface area (Å²) < 4.78 is 5.86. The Morgan fingerprint density at radius 2 is 1.91 bits per heavy atom. The second-order valence-corrected chi connectivity index (χ2v) is 7.73. The first kappa shape index (κ1) is 16.5. The molecule has 2 aliphatic rings. The SMILES string of the molecule is Cc1nc(CC(C)C)oc1C(=O)N1CCCC[C@@H]2CCCC[C@H]21. The highest BCUT2D eigenvalue weighted by Gasteiger charge is 2.36. The number of nitrogens with zero attached hydrogens (tertiary/aromatic N) is 2. The molecule has 0 radical (unpaired) electrons. The number of aryl methyl sites for hydroxylation is 1. The van der Waals surface area contributed by atoms with Crippen LogP contribution in [0.15, 0.2) is 4.42 Å². The van der Waals surface area contributed by atoms with E-state index in [1.165, 1.54) is 32.1 Å².